The molecule has 1 saturated heterocycles. The van der Waals surface area contributed by atoms with Gasteiger partial charge < -0.3 is 24.5 Å². The van der Waals surface area contributed by atoms with Crippen molar-refractivity contribution in [2.45, 2.75) is 6.92 Å². The summed E-state index contributed by atoms with van der Waals surface area (Å²) in [6.07, 6.45) is 0. The number of aliphatic carboxylic acids is 2. The highest BCUT2D eigenvalue weighted by atomic mass is 16.5. The molecule has 0 aromatic heterocycles. The van der Waals surface area contributed by atoms with Gasteiger partial charge in [0.15, 0.2) is 0 Å². The molecule has 166 valence electrons. The first-order valence-electron chi connectivity index (χ1n) is 9.55. The summed E-state index contributed by atoms with van der Waals surface area (Å²) in [5, 5.41) is 22.1. The monoisotopic (exact) mass is 414 g/mol. The summed E-state index contributed by atoms with van der Waals surface area (Å²) >= 11 is 0. The third-order valence-corrected chi connectivity index (χ3v) is 4.66. The number of nitrogens with zero attached hydrogens (tertiary/aromatic N) is 4. The Bertz CT molecular complexity index is 540. The number of Topliss-reactive ketones (excluding diaryl/α,β-unsaturated/α-hetero) is 1. The van der Waals surface area contributed by atoms with E-state index in [9.17, 15) is 29.4 Å². The number of ether oxygens (including phenoxy) is 1. The number of hydrogen-bond acceptors (Lipinski definition) is 11. The minimum absolute atomic E-state index is 0.0109. The van der Waals surface area contributed by atoms with Crippen LogP contribution >= 0.6 is 0 Å². The SMILES string of the molecule is COC(=O)CN1CCN(CC(C)=O)CCN(CC(=O)[O-])CCN(CC(=O)[O-])CC1. The van der Waals surface area contributed by atoms with E-state index in [1.807, 2.05) is 9.80 Å². The van der Waals surface area contributed by atoms with Gasteiger partial charge in [-0.1, -0.05) is 0 Å². The van der Waals surface area contributed by atoms with Crippen molar-refractivity contribution in [3.05, 3.63) is 0 Å². The Morgan fingerprint density at radius 3 is 1.24 bits per heavy atom. The highest BCUT2D eigenvalue weighted by Crippen LogP contribution is 2.01. The quantitative estimate of drug-likeness (QED) is 0.355. The number of rotatable bonds is 8. The summed E-state index contributed by atoms with van der Waals surface area (Å²) in [4.78, 5) is 52.5. The minimum Gasteiger partial charge on any atom is -0.549 e. The Morgan fingerprint density at radius 2 is 0.966 bits per heavy atom. The molecule has 0 bridgehead atoms. The average Bonchev–Trinajstić information content (AvgIpc) is 2.62. The molecule has 0 N–H and O–H groups in total. The van der Waals surface area contributed by atoms with Gasteiger partial charge in [0.2, 0.25) is 0 Å². The van der Waals surface area contributed by atoms with Crippen molar-refractivity contribution in [1.82, 2.24) is 19.6 Å². The summed E-state index contributed by atoms with van der Waals surface area (Å²) in [6, 6.07) is 0. The third-order valence-electron chi connectivity index (χ3n) is 4.66. The lowest BCUT2D eigenvalue weighted by Gasteiger charge is -2.34. The first-order valence-corrected chi connectivity index (χ1v) is 9.55. The Balaban J connectivity index is 2.92. The predicted octanol–water partition coefficient (Wildman–Crippen LogP) is -4.53. The van der Waals surface area contributed by atoms with Crippen molar-refractivity contribution >= 4 is 23.7 Å². The molecule has 11 heteroatoms. The van der Waals surface area contributed by atoms with Crippen molar-refractivity contribution in [3.63, 3.8) is 0 Å². The summed E-state index contributed by atoms with van der Waals surface area (Å²) in [5.74, 6) is -2.85. The molecule has 0 spiro atoms. The standard InChI is InChI=1S/C18H32N4O7/c1-15(23)11-19-3-5-20(12-16(24)25)6-7-21(13-17(26)27)8-10-22(9-4-19)14-18(28)29-2/h3-14H2,1-2H3,(H,24,25)(H,26,27)/p-2. The van der Waals surface area contributed by atoms with Crippen molar-refractivity contribution in [2.24, 2.45) is 0 Å². The zero-order valence-electron chi connectivity index (χ0n) is 17.1. The van der Waals surface area contributed by atoms with Crippen LogP contribution in [-0.2, 0) is 23.9 Å². The van der Waals surface area contributed by atoms with Gasteiger partial charge in [-0.25, -0.2) is 0 Å². The summed E-state index contributed by atoms with van der Waals surface area (Å²) in [5.41, 5.74) is 0. The molecular weight excluding hydrogens is 384 g/mol. The molecule has 0 unspecified atom stereocenters. The largest absolute Gasteiger partial charge is 0.549 e. The minimum atomic E-state index is -1.23. The fraction of sp³-hybridized carbons (Fsp3) is 0.778. The molecule has 0 amide bonds. The molecule has 1 aliphatic heterocycles. The lowest BCUT2D eigenvalue weighted by atomic mass is 10.3. The Labute approximate surface area is 170 Å². The molecule has 1 heterocycles. The summed E-state index contributed by atoms with van der Waals surface area (Å²) in [7, 11) is 1.30. The Morgan fingerprint density at radius 1 is 0.655 bits per heavy atom. The van der Waals surface area contributed by atoms with Gasteiger partial charge in [0.05, 0.1) is 32.1 Å². The maximum absolute atomic E-state index is 11.7. The second-order valence-electron chi connectivity index (χ2n) is 7.13. The molecule has 1 aliphatic rings. The summed E-state index contributed by atoms with van der Waals surface area (Å²) in [6.45, 7) is 4.43. The number of methoxy groups -OCH3 is 1. The van der Waals surface area contributed by atoms with Crippen LogP contribution in [0, 0.1) is 0 Å². The molecule has 0 saturated carbocycles. The maximum Gasteiger partial charge on any atom is 0.319 e. The van der Waals surface area contributed by atoms with Gasteiger partial charge in [0, 0.05) is 65.4 Å². The number of ketones is 1. The zero-order valence-corrected chi connectivity index (χ0v) is 17.1. The van der Waals surface area contributed by atoms with Crippen LogP contribution in [-0.4, -0.2) is 129 Å². The molecule has 1 rings (SSSR count). The Kier molecular flexibility index (Phi) is 11.4. The zero-order chi connectivity index (χ0) is 21.8. The van der Waals surface area contributed by atoms with Crippen molar-refractivity contribution in [1.29, 1.82) is 0 Å². The van der Waals surface area contributed by atoms with Crippen LogP contribution in [0.5, 0.6) is 0 Å². The first kappa shape index (κ1) is 25.0. The van der Waals surface area contributed by atoms with E-state index in [1.165, 1.54) is 14.0 Å². The highest BCUT2D eigenvalue weighted by Gasteiger charge is 2.19. The molecule has 1 fully saturated rings. The average molecular weight is 414 g/mol. The molecule has 11 nitrogen and oxygen atoms in total. The smallest absolute Gasteiger partial charge is 0.319 e. The summed E-state index contributed by atoms with van der Waals surface area (Å²) < 4.78 is 4.73. The highest BCUT2D eigenvalue weighted by molar-refractivity contribution is 5.77. The van der Waals surface area contributed by atoms with Crippen LogP contribution < -0.4 is 10.2 Å². The number of carbonyl (C=O) groups excluding carboxylic acids is 4. The molecule has 0 radical (unpaired) electrons. The van der Waals surface area contributed by atoms with Crippen LogP contribution in [0.15, 0.2) is 0 Å². The molecule has 0 aliphatic carbocycles. The van der Waals surface area contributed by atoms with Crippen molar-refractivity contribution in [3.8, 4) is 0 Å². The van der Waals surface area contributed by atoms with Gasteiger partial charge in [-0.3, -0.25) is 29.2 Å². The van der Waals surface area contributed by atoms with Crippen LogP contribution in [0.25, 0.3) is 0 Å². The van der Waals surface area contributed by atoms with Crippen molar-refractivity contribution < 1.29 is 34.1 Å². The molecular formula is C18H30N4O7-2. The molecule has 0 atom stereocenters. The lowest BCUT2D eigenvalue weighted by molar-refractivity contribution is -0.308. The molecule has 0 aromatic carbocycles. The van der Waals surface area contributed by atoms with Gasteiger partial charge in [-0.05, 0) is 6.92 Å². The van der Waals surface area contributed by atoms with Crippen LogP contribution in [0.1, 0.15) is 6.92 Å². The van der Waals surface area contributed by atoms with E-state index in [-0.39, 0.29) is 32.0 Å². The van der Waals surface area contributed by atoms with E-state index in [2.05, 4.69) is 0 Å². The fourth-order valence-corrected chi connectivity index (χ4v) is 3.14. The van der Waals surface area contributed by atoms with Gasteiger partial charge in [-0.15, -0.1) is 0 Å². The van der Waals surface area contributed by atoms with Gasteiger partial charge in [-0.2, -0.15) is 0 Å². The van der Waals surface area contributed by atoms with Crippen molar-refractivity contribution in [2.75, 3.05) is 85.6 Å². The van der Waals surface area contributed by atoms with Crippen LogP contribution in [0.4, 0.5) is 0 Å². The number of hydrogen-bond donors (Lipinski definition) is 0. The second-order valence-corrected chi connectivity index (χ2v) is 7.13. The van der Waals surface area contributed by atoms with E-state index in [1.54, 1.807) is 9.80 Å². The topological polar surface area (TPSA) is 137 Å². The number of carboxylic acids is 2. The normalized spacial score (nSPS) is 19.1. The predicted molar refractivity (Wildman–Crippen MR) is 98.5 cm³/mol. The number of esters is 1. The molecule has 0 aromatic rings. The number of carbonyl (C=O) groups is 4. The van der Waals surface area contributed by atoms with Crippen LogP contribution in [0.3, 0.4) is 0 Å². The van der Waals surface area contributed by atoms with E-state index < -0.39 is 17.9 Å². The van der Waals surface area contributed by atoms with Gasteiger partial charge >= 0.3 is 5.97 Å². The first-order chi connectivity index (χ1) is 13.7. The van der Waals surface area contributed by atoms with E-state index in [0.717, 1.165) is 0 Å². The lowest BCUT2D eigenvalue weighted by Crippen LogP contribution is -2.50. The van der Waals surface area contributed by atoms with E-state index in [4.69, 9.17) is 4.74 Å². The third kappa shape index (κ3) is 11.5. The fourth-order valence-electron chi connectivity index (χ4n) is 3.14. The molecule has 29 heavy (non-hydrogen) atoms. The second kappa shape index (κ2) is 13.2. The van der Waals surface area contributed by atoms with E-state index in [0.29, 0.717) is 52.4 Å². The van der Waals surface area contributed by atoms with E-state index >= 15 is 0 Å². The van der Waals surface area contributed by atoms with Crippen LogP contribution in [0.2, 0.25) is 0 Å². The van der Waals surface area contributed by atoms with Gasteiger partial charge in [0.1, 0.15) is 5.78 Å². The maximum atomic E-state index is 11.7. The Hall–Kier alpha value is -2.08. The van der Waals surface area contributed by atoms with Gasteiger partial charge in [0.25, 0.3) is 0 Å². The number of carboxylic acid groups (broad SMARTS) is 2.